The molecular weight excluding hydrogens is 146 g/mol. The third-order valence-electron chi connectivity index (χ3n) is 2.54. The van der Waals surface area contributed by atoms with Gasteiger partial charge in [-0.1, -0.05) is 25.0 Å². The fourth-order valence-corrected chi connectivity index (χ4v) is 2.24. The zero-order valence-electron chi connectivity index (χ0n) is 8.61. The van der Waals surface area contributed by atoms with Crippen molar-refractivity contribution < 1.29 is 0 Å². The van der Waals surface area contributed by atoms with Gasteiger partial charge in [-0.25, -0.2) is 0 Å². The van der Waals surface area contributed by atoms with Gasteiger partial charge in [-0.05, 0) is 39.7 Å². The molecule has 1 fully saturated rings. The highest BCUT2D eigenvalue weighted by atomic mass is 15.0. The highest BCUT2D eigenvalue weighted by Gasteiger charge is 2.29. The van der Waals surface area contributed by atoms with Crippen molar-refractivity contribution in [2.24, 2.45) is 0 Å². The summed E-state index contributed by atoms with van der Waals surface area (Å²) >= 11 is 0. The van der Waals surface area contributed by atoms with Crippen LogP contribution in [0.2, 0.25) is 0 Å². The molecule has 1 aliphatic heterocycles. The molecule has 0 bridgehead atoms. The molecular formula is C11H21N. The van der Waals surface area contributed by atoms with E-state index >= 15 is 0 Å². The van der Waals surface area contributed by atoms with Crippen LogP contribution in [0.4, 0.5) is 0 Å². The first-order chi connectivity index (χ1) is 5.68. The van der Waals surface area contributed by atoms with Gasteiger partial charge in [0.1, 0.15) is 0 Å². The van der Waals surface area contributed by atoms with Crippen LogP contribution in [0.5, 0.6) is 0 Å². The van der Waals surface area contributed by atoms with Crippen LogP contribution in [0.15, 0.2) is 11.6 Å². The Kier molecular flexibility index (Phi) is 3.33. The van der Waals surface area contributed by atoms with Crippen LogP contribution in [-0.4, -0.2) is 12.1 Å². The van der Waals surface area contributed by atoms with E-state index < -0.39 is 0 Å². The Morgan fingerprint density at radius 1 is 1.50 bits per heavy atom. The first kappa shape index (κ1) is 9.79. The van der Waals surface area contributed by atoms with Crippen LogP contribution < -0.4 is 5.32 Å². The summed E-state index contributed by atoms with van der Waals surface area (Å²) < 4.78 is 0. The summed E-state index contributed by atoms with van der Waals surface area (Å²) in [4.78, 5) is 0. The van der Waals surface area contributed by atoms with Crippen LogP contribution >= 0.6 is 0 Å². The van der Waals surface area contributed by atoms with Gasteiger partial charge < -0.3 is 5.32 Å². The smallest absolute Gasteiger partial charge is 0.0367 e. The number of rotatable bonds is 3. The van der Waals surface area contributed by atoms with Crippen molar-refractivity contribution in [3.8, 4) is 0 Å². The minimum Gasteiger partial charge on any atom is -0.308 e. The molecule has 0 aromatic rings. The Morgan fingerprint density at radius 2 is 2.25 bits per heavy atom. The zero-order chi connectivity index (χ0) is 9.03. The molecule has 1 unspecified atom stereocenters. The summed E-state index contributed by atoms with van der Waals surface area (Å²) in [5, 5.41) is 3.63. The monoisotopic (exact) mass is 167 g/mol. The number of allylic oxidation sites excluding steroid dienone is 1. The van der Waals surface area contributed by atoms with E-state index in [1.54, 1.807) is 0 Å². The van der Waals surface area contributed by atoms with Gasteiger partial charge in [-0.15, -0.1) is 0 Å². The summed E-state index contributed by atoms with van der Waals surface area (Å²) in [5.74, 6) is 0. The Bertz CT molecular complexity index is 160. The topological polar surface area (TPSA) is 12.0 Å². The summed E-state index contributed by atoms with van der Waals surface area (Å²) in [7, 11) is 0. The van der Waals surface area contributed by atoms with Gasteiger partial charge in [0.2, 0.25) is 0 Å². The van der Waals surface area contributed by atoms with Crippen molar-refractivity contribution >= 4 is 0 Å². The first-order valence-electron chi connectivity index (χ1n) is 5.10. The fraction of sp³-hybridized carbons (Fsp3) is 0.818. The number of nitrogens with one attached hydrogen (secondary N) is 1. The van der Waals surface area contributed by atoms with Gasteiger partial charge in [0, 0.05) is 5.54 Å². The van der Waals surface area contributed by atoms with E-state index in [0.29, 0.717) is 5.54 Å². The van der Waals surface area contributed by atoms with Crippen LogP contribution in [-0.2, 0) is 0 Å². The molecule has 1 aliphatic rings. The molecule has 12 heavy (non-hydrogen) atoms. The molecule has 0 aromatic carbocycles. The van der Waals surface area contributed by atoms with Gasteiger partial charge >= 0.3 is 0 Å². The molecule has 1 rings (SSSR count). The lowest BCUT2D eigenvalue weighted by atomic mass is 9.90. The van der Waals surface area contributed by atoms with Crippen molar-refractivity contribution in [2.45, 2.75) is 52.0 Å². The second kappa shape index (κ2) is 4.08. The minimum atomic E-state index is 0.355. The minimum absolute atomic E-state index is 0.355. The number of hydrogen-bond donors (Lipinski definition) is 1. The quantitative estimate of drug-likeness (QED) is 0.637. The van der Waals surface area contributed by atoms with Crippen LogP contribution in [0, 0.1) is 0 Å². The second-order valence-corrected chi connectivity index (χ2v) is 4.16. The molecule has 1 atom stereocenters. The highest BCUT2D eigenvalue weighted by Crippen LogP contribution is 2.27. The van der Waals surface area contributed by atoms with E-state index in [4.69, 9.17) is 0 Å². The highest BCUT2D eigenvalue weighted by molar-refractivity contribution is 5.13. The maximum atomic E-state index is 3.63. The lowest BCUT2D eigenvalue weighted by molar-refractivity contribution is 0.428. The average Bonchev–Trinajstić information content (AvgIpc) is 2.36. The second-order valence-electron chi connectivity index (χ2n) is 4.16. The Labute approximate surface area is 76.2 Å². The van der Waals surface area contributed by atoms with Crippen molar-refractivity contribution in [1.82, 2.24) is 5.32 Å². The van der Waals surface area contributed by atoms with Gasteiger partial charge in [-0.2, -0.15) is 0 Å². The van der Waals surface area contributed by atoms with Gasteiger partial charge in [0.25, 0.3) is 0 Å². The molecule has 1 heteroatoms. The first-order valence-corrected chi connectivity index (χ1v) is 5.10. The molecule has 1 heterocycles. The molecule has 1 nitrogen and oxygen atoms in total. The summed E-state index contributed by atoms with van der Waals surface area (Å²) in [6.07, 6.45) is 7.65. The van der Waals surface area contributed by atoms with Crippen LogP contribution in [0.3, 0.4) is 0 Å². The molecule has 70 valence electrons. The van der Waals surface area contributed by atoms with Crippen LogP contribution in [0.1, 0.15) is 46.5 Å². The zero-order valence-corrected chi connectivity index (χ0v) is 8.61. The molecule has 0 aliphatic carbocycles. The third-order valence-corrected chi connectivity index (χ3v) is 2.54. The molecule has 0 radical (unpaired) electrons. The lowest BCUT2D eigenvalue weighted by Crippen LogP contribution is -2.37. The number of hydrogen-bond acceptors (Lipinski definition) is 1. The molecule has 0 aromatic heterocycles. The standard InChI is InChI=1S/C11H21N/c1-4-6-11(9-10(2)3)7-5-8-12-11/h9,12H,4-8H2,1-3H3. The Morgan fingerprint density at radius 3 is 2.67 bits per heavy atom. The van der Waals surface area contributed by atoms with E-state index in [2.05, 4.69) is 32.2 Å². The summed E-state index contributed by atoms with van der Waals surface area (Å²) in [6.45, 7) is 7.85. The Balaban J connectivity index is 2.65. The normalized spacial score (nSPS) is 28.9. The summed E-state index contributed by atoms with van der Waals surface area (Å²) in [6, 6.07) is 0. The van der Waals surface area contributed by atoms with Gasteiger partial charge in [0.05, 0.1) is 0 Å². The van der Waals surface area contributed by atoms with Crippen molar-refractivity contribution in [1.29, 1.82) is 0 Å². The molecule has 0 spiro atoms. The molecule has 1 saturated heterocycles. The molecule has 1 N–H and O–H groups in total. The maximum absolute atomic E-state index is 3.63. The van der Waals surface area contributed by atoms with Crippen LogP contribution in [0.25, 0.3) is 0 Å². The van der Waals surface area contributed by atoms with E-state index in [1.807, 2.05) is 0 Å². The third kappa shape index (κ3) is 2.34. The predicted molar refractivity (Wildman–Crippen MR) is 54.3 cm³/mol. The Hall–Kier alpha value is -0.300. The molecule has 0 saturated carbocycles. The van der Waals surface area contributed by atoms with Crippen molar-refractivity contribution in [3.05, 3.63) is 11.6 Å². The van der Waals surface area contributed by atoms with Gasteiger partial charge in [0.15, 0.2) is 0 Å². The fourth-order valence-electron chi connectivity index (χ4n) is 2.24. The van der Waals surface area contributed by atoms with Crippen molar-refractivity contribution in [3.63, 3.8) is 0 Å². The van der Waals surface area contributed by atoms with E-state index in [-0.39, 0.29) is 0 Å². The summed E-state index contributed by atoms with van der Waals surface area (Å²) in [5.41, 5.74) is 1.80. The van der Waals surface area contributed by atoms with Gasteiger partial charge in [-0.3, -0.25) is 0 Å². The predicted octanol–water partition coefficient (Wildman–Crippen LogP) is 2.87. The van der Waals surface area contributed by atoms with E-state index in [0.717, 1.165) is 0 Å². The SMILES string of the molecule is CCCC1(C=C(C)C)CCCN1. The maximum Gasteiger partial charge on any atom is 0.0367 e. The lowest BCUT2D eigenvalue weighted by Gasteiger charge is -2.26. The van der Waals surface area contributed by atoms with Crippen molar-refractivity contribution in [2.75, 3.05) is 6.54 Å². The van der Waals surface area contributed by atoms with E-state index in [1.165, 1.54) is 37.8 Å². The average molecular weight is 167 g/mol. The largest absolute Gasteiger partial charge is 0.308 e. The van der Waals surface area contributed by atoms with E-state index in [9.17, 15) is 0 Å². The molecule has 0 amide bonds.